The average Bonchev–Trinajstić information content (AvgIpc) is 3.55. The Bertz CT molecular complexity index is 905. The fourth-order valence-corrected chi connectivity index (χ4v) is 4.78. The number of carboxylic acids is 1. The minimum Gasteiger partial charge on any atom is -0.481 e. The van der Waals surface area contributed by atoms with Gasteiger partial charge in [-0.1, -0.05) is 13.0 Å². The quantitative estimate of drug-likeness (QED) is 0.681. The minimum atomic E-state index is -1.03. The lowest BCUT2D eigenvalue weighted by molar-refractivity contribution is -0.138. The van der Waals surface area contributed by atoms with Gasteiger partial charge in [-0.3, -0.25) is 14.4 Å². The highest BCUT2D eigenvalue weighted by atomic mass is 19.1. The maximum absolute atomic E-state index is 15.3. The van der Waals surface area contributed by atoms with E-state index in [9.17, 15) is 14.4 Å². The zero-order valence-electron chi connectivity index (χ0n) is 17.7. The maximum Gasteiger partial charge on any atom is 0.303 e. The standard InChI is InChI=1S/C23H29FN2O4/c1-12(10-18(28)29)21(14-6-7-14)25-17(27)11-26-16-9-8-15(13-4-5-13)20(24)19(16)23(2,3)22(26)30/h8-9,12-14,21H,4-7,10-11H2,1-3H3,(H,25,27)(H,28,29)/t12-,21-/m1/s1. The molecule has 0 saturated heterocycles. The second-order valence-corrected chi connectivity index (χ2v) is 9.66. The molecule has 3 aliphatic rings. The smallest absolute Gasteiger partial charge is 0.303 e. The number of nitrogens with zero attached hydrogens (tertiary/aromatic N) is 1. The number of hydrogen-bond acceptors (Lipinski definition) is 3. The van der Waals surface area contributed by atoms with Crippen molar-refractivity contribution < 1.29 is 23.9 Å². The van der Waals surface area contributed by atoms with E-state index in [0.29, 0.717) is 16.8 Å². The van der Waals surface area contributed by atoms with Crippen molar-refractivity contribution in [2.75, 3.05) is 11.4 Å². The first-order chi connectivity index (χ1) is 14.1. The number of carbonyl (C=O) groups is 3. The van der Waals surface area contributed by atoms with Crippen LogP contribution in [-0.2, 0) is 19.8 Å². The van der Waals surface area contributed by atoms with Crippen LogP contribution in [0.2, 0.25) is 0 Å². The largest absolute Gasteiger partial charge is 0.481 e. The summed E-state index contributed by atoms with van der Waals surface area (Å²) >= 11 is 0. The normalized spacial score (nSPS) is 21.9. The van der Waals surface area contributed by atoms with Gasteiger partial charge in [-0.2, -0.15) is 0 Å². The molecule has 2 amide bonds. The molecule has 4 rings (SSSR count). The fraction of sp³-hybridized carbons (Fsp3) is 0.609. The molecule has 1 aromatic carbocycles. The molecule has 0 spiro atoms. The van der Waals surface area contributed by atoms with E-state index in [2.05, 4.69) is 5.32 Å². The van der Waals surface area contributed by atoms with Crippen LogP contribution in [0.1, 0.15) is 69.9 Å². The van der Waals surface area contributed by atoms with Gasteiger partial charge >= 0.3 is 5.97 Å². The van der Waals surface area contributed by atoms with Crippen molar-refractivity contribution in [2.24, 2.45) is 11.8 Å². The van der Waals surface area contributed by atoms with Crippen LogP contribution in [0.15, 0.2) is 12.1 Å². The summed E-state index contributed by atoms with van der Waals surface area (Å²) in [5, 5.41) is 12.0. The van der Waals surface area contributed by atoms with E-state index in [-0.39, 0.29) is 54.4 Å². The van der Waals surface area contributed by atoms with Gasteiger partial charge in [-0.15, -0.1) is 0 Å². The van der Waals surface area contributed by atoms with E-state index < -0.39 is 11.4 Å². The van der Waals surface area contributed by atoms with Gasteiger partial charge in [0, 0.05) is 18.0 Å². The molecule has 0 radical (unpaired) electrons. The SMILES string of the molecule is C[C@H](CC(=O)O)[C@@H](NC(=O)CN1C(=O)C(C)(C)c2c1ccc(C1CC1)c2F)C1CC1. The second-order valence-electron chi connectivity index (χ2n) is 9.66. The van der Waals surface area contributed by atoms with Crippen LogP contribution in [0.3, 0.4) is 0 Å². The summed E-state index contributed by atoms with van der Waals surface area (Å²) in [4.78, 5) is 38.4. The first-order valence-corrected chi connectivity index (χ1v) is 10.8. The Kier molecular flexibility index (Phi) is 5.11. The van der Waals surface area contributed by atoms with Crippen molar-refractivity contribution in [3.63, 3.8) is 0 Å². The van der Waals surface area contributed by atoms with Crippen LogP contribution >= 0.6 is 0 Å². The average molecular weight is 416 g/mol. The number of nitrogens with one attached hydrogen (secondary N) is 1. The topological polar surface area (TPSA) is 86.7 Å². The number of carbonyl (C=O) groups excluding carboxylic acids is 2. The van der Waals surface area contributed by atoms with Crippen molar-refractivity contribution in [1.82, 2.24) is 5.32 Å². The van der Waals surface area contributed by atoms with Gasteiger partial charge in [0.1, 0.15) is 12.4 Å². The van der Waals surface area contributed by atoms with Crippen molar-refractivity contribution in [2.45, 2.75) is 70.3 Å². The number of amides is 2. The third-order valence-corrected chi connectivity index (χ3v) is 6.73. The summed E-state index contributed by atoms with van der Waals surface area (Å²) < 4.78 is 15.3. The number of benzene rings is 1. The fourth-order valence-electron chi connectivity index (χ4n) is 4.78. The van der Waals surface area contributed by atoms with Crippen LogP contribution in [0.25, 0.3) is 0 Å². The summed E-state index contributed by atoms with van der Waals surface area (Å²) in [6.07, 6.45) is 3.83. The monoisotopic (exact) mass is 416 g/mol. The summed E-state index contributed by atoms with van der Waals surface area (Å²) in [7, 11) is 0. The number of aliphatic carboxylic acids is 1. The van der Waals surface area contributed by atoms with Gasteiger partial charge < -0.3 is 15.3 Å². The molecule has 2 fully saturated rings. The Morgan fingerprint density at radius 2 is 1.93 bits per heavy atom. The van der Waals surface area contributed by atoms with E-state index in [1.54, 1.807) is 26.0 Å². The van der Waals surface area contributed by atoms with Gasteiger partial charge in [0.15, 0.2) is 0 Å². The summed E-state index contributed by atoms with van der Waals surface area (Å²) in [5.41, 5.74) is 0.473. The Labute approximate surface area is 175 Å². The van der Waals surface area contributed by atoms with Gasteiger partial charge in [-0.25, -0.2) is 4.39 Å². The summed E-state index contributed by atoms with van der Waals surface area (Å²) in [6.45, 7) is 5.04. The summed E-state index contributed by atoms with van der Waals surface area (Å²) in [5.74, 6) is -1.53. The molecule has 7 heteroatoms. The molecule has 0 unspecified atom stereocenters. The first-order valence-electron chi connectivity index (χ1n) is 10.8. The van der Waals surface area contributed by atoms with Gasteiger partial charge in [0.25, 0.3) is 0 Å². The molecule has 1 aromatic rings. The van der Waals surface area contributed by atoms with Crippen LogP contribution < -0.4 is 10.2 Å². The zero-order valence-corrected chi connectivity index (χ0v) is 17.7. The van der Waals surface area contributed by atoms with Crippen LogP contribution in [-0.4, -0.2) is 35.5 Å². The molecule has 2 aliphatic carbocycles. The molecule has 1 aliphatic heterocycles. The van der Waals surface area contributed by atoms with E-state index >= 15 is 4.39 Å². The van der Waals surface area contributed by atoms with Gasteiger partial charge in [0.2, 0.25) is 11.8 Å². The molecule has 0 aromatic heterocycles. The zero-order chi connectivity index (χ0) is 21.8. The highest BCUT2D eigenvalue weighted by Gasteiger charge is 2.48. The predicted molar refractivity (Wildman–Crippen MR) is 110 cm³/mol. The lowest BCUT2D eigenvalue weighted by atomic mass is 9.84. The van der Waals surface area contributed by atoms with Gasteiger partial charge in [-0.05, 0) is 68.9 Å². The minimum absolute atomic E-state index is 0.0187. The number of fused-ring (bicyclic) bond motifs is 1. The van der Waals surface area contributed by atoms with Crippen molar-refractivity contribution in [3.8, 4) is 0 Å². The molecule has 2 N–H and O–H groups in total. The maximum atomic E-state index is 15.3. The van der Waals surface area contributed by atoms with E-state index in [1.165, 1.54) is 4.90 Å². The summed E-state index contributed by atoms with van der Waals surface area (Å²) in [6, 6.07) is 3.28. The molecule has 2 atom stereocenters. The van der Waals surface area contributed by atoms with Gasteiger partial charge in [0.05, 0.1) is 11.1 Å². The number of halogens is 1. The van der Waals surface area contributed by atoms with Crippen molar-refractivity contribution in [3.05, 3.63) is 29.1 Å². The third-order valence-electron chi connectivity index (χ3n) is 6.73. The Morgan fingerprint density at radius 1 is 1.27 bits per heavy atom. The molecule has 6 nitrogen and oxygen atoms in total. The molecule has 2 saturated carbocycles. The van der Waals surface area contributed by atoms with Crippen LogP contribution in [0, 0.1) is 17.7 Å². The highest BCUT2D eigenvalue weighted by Crippen LogP contribution is 2.48. The van der Waals surface area contributed by atoms with Crippen LogP contribution in [0.4, 0.5) is 10.1 Å². The Morgan fingerprint density at radius 3 is 2.50 bits per heavy atom. The lowest BCUT2D eigenvalue weighted by Crippen LogP contribution is -2.48. The lowest BCUT2D eigenvalue weighted by Gasteiger charge is -2.26. The molecular weight excluding hydrogens is 387 g/mol. The van der Waals surface area contributed by atoms with E-state index in [0.717, 1.165) is 25.7 Å². The number of anilines is 1. The number of carboxylic acid groups (broad SMARTS) is 1. The molecule has 1 heterocycles. The van der Waals surface area contributed by atoms with Crippen molar-refractivity contribution in [1.29, 1.82) is 0 Å². The highest BCUT2D eigenvalue weighted by molar-refractivity contribution is 6.10. The van der Waals surface area contributed by atoms with E-state index in [4.69, 9.17) is 5.11 Å². The van der Waals surface area contributed by atoms with Crippen molar-refractivity contribution >= 4 is 23.5 Å². The Hall–Kier alpha value is -2.44. The predicted octanol–water partition coefficient (Wildman–Crippen LogP) is 3.33. The third kappa shape index (κ3) is 3.70. The Balaban J connectivity index is 1.53. The number of hydrogen-bond donors (Lipinski definition) is 2. The number of rotatable bonds is 8. The molecule has 0 bridgehead atoms. The van der Waals surface area contributed by atoms with Crippen LogP contribution in [0.5, 0.6) is 0 Å². The first kappa shape index (κ1) is 20.8. The second kappa shape index (κ2) is 7.36. The molecule has 30 heavy (non-hydrogen) atoms. The molecule has 162 valence electrons. The van der Waals surface area contributed by atoms with E-state index in [1.807, 2.05) is 6.92 Å². The molecular formula is C23H29FN2O4.